The number of guanidine groups is 1. The van der Waals surface area contributed by atoms with E-state index in [1.807, 2.05) is 24.3 Å². The summed E-state index contributed by atoms with van der Waals surface area (Å²) in [5.74, 6) is 0.340. The number of benzene rings is 1. The molecule has 1 amide bonds. The minimum absolute atomic E-state index is 0.182. The van der Waals surface area contributed by atoms with Crippen LogP contribution in [-0.2, 0) is 4.79 Å². The topological polar surface area (TPSA) is 71.0 Å². The Morgan fingerprint density at radius 2 is 2.08 bits per heavy atom. The van der Waals surface area contributed by atoms with Crippen molar-refractivity contribution in [3.63, 3.8) is 0 Å². The maximum absolute atomic E-state index is 12.4. The molecule has 0 aromatic heterocycles. The summed E-state index contributed by atoms with van der Waals surface area (Å²) >= 11 is 7.53. The lowest BCUT2D eigenvalue weighted by Crippen LogP contribution is -2.45. The van der Waals surface area contributed by atoms with Crippen LogP contribution < -0.4 is 5.73 Å². The Bertz CT molecular complexity index is 683. The second kappa shape index (κ2) is 7.25. The van der Waals surface area contributed by atoms with Crippen molar-refractivity contribution < 1.29 is 4.79 Å². The van der Waals surface area contributed by atoms with E-state index in [-0.39, 0.29) is 11.3 Å². The second-order valence-electron chi connectivity index (χ2n) is 6.50. The summed E-state index contributed by atoms with van der Waals surface area (Å²) in [6, 6.07) is 7.47. The Balaban J connectivity index is 1.64. The molecule has 1 fully saturated rings. The fourth-order valence-corrected chi connectivity index (χ4v) is 3.91. The van der Waals surface area contributed by atoms with Gasteiger partial charge < -0.3 is 10.6 Å². The number of hydrogen-bond donors (Lipinski definition) is 1. The third kappa shape index (κ3) is 3.82. The Morgan fingerprint density at radius 3 is 2.71 bits per heavy atom. The van der Waals surface area contributed by atoms with Gasteiger partial charge in [-0.1, -0.05) is 30.7 Å². The van der Waals surface area contributed by atoms with Gasteiger partial charge in [-0.3, -0.25) is 4.79 Å². The highest BCUT2D eigenvalue weighted by molar-refractivity contribution is 8.01. The lowest BCUT2D eigenvalue weighted by Gasteiger charge is -2.39. The van der Waals surface area contributed by atoms with Crippen LogP contribution in [0, 0.1) is 5.41 Å². The summed E-state index contributed by atoms with van der Waals surface area (Å²) in [7, 11) is 0. The number of nitrogens with two attached hydrogens (primary N) is 1. The minimum atomic E-state index is -0.423. The number of hydrogen-bond acceptors (Lipinski definition) is 5. The summed E-state index contributed by atoms with van der Waals surface area (Å²) in [4.78, 5) is 23.9. The van der Waals surface area contributed by atoms with E-state index in [1.165, 1.54) is 11.8 Å². The number of carbonyl (C=O) groups is 1. The number of nitrogens with zero attached hydrogens (tertiary/aromatic N) is 3. The largest absolute Gasteiger partial charge is 0.341 e. The molecular formula is C17H21ClN4OS. The van der Waals surface area contributed by atoms with Crippen molar-refractivity contribution in [1.82, 2.24) is 4.90 Å². The molecule has 1 unspecified atom stereocenters. The number of halogens is 1. The molecule has 2 aliphatic rings. The van der Waals surface area contributed by atoms with E-state index in [0.717, 1.165) is 30.8 Å². The molecule has 128 valence electrons. The molecule has 1 aromatic rings. The molecule has 0 spiro atoms. The van der Waals surface area contributed by atoms with Crippen molar-refractivity contribution in [3.8, 4) is 0 Å². The molecule has 2 heterocycles. The van der Waals surface area contributed by atoms with Gasteiger partial charge in [-0.25, -0.2) is 4.99 Å². The first-order valence-electron chi connectivity index (χ1n) is 8.04. The van der Waals surface area contributed by atoms with E-state index < -0.39 is 5.25 Å². The van der Waals surface area contributed by atoms with Crippen LogP contribution in [0.2, 0.25) is 5.02 Å². The lowest BCUT2D eigenvalue weighted by atomic mass is 9.81. The van der Waals surface area contributed by atoms with Crippen LogP contribution in [-0.4, -0.2) is 47.9 Å². The highest BCUT2D eigenvalue weighted by Gasteiger charge is 2.32. The average Bonchev–Trinajstić information content (AvgIpc) is 2.59. The molecule has 0 aliphatic carbocycles. The molecule has 0 bridgehead atoms. The van der Waals surface area contributed by atoms with Gasteiger partial charge in [0, 0.05) is 24.2 Å². The molecule has 2 N–H and O–H groups in total. The molecule has 7 heteroatoms. The van der Waals surface area contributed by atoms with Crippen molar-refractivity contribution in [1.29, 1.82) is 0 Å². The summed E-state index contributed by atoms with van der Waals surface area (Å²) in [5, 5.41) is 0.211. The predicted molar refractivity (Wildman–Crippen MR) is 100.0 cm³/mol. The summed E-state index contributed by atoms with van der Waals surface area (Å²) < 4.78 is 0. The van der Waals surface area contributed by atoms with Gasteiger partial charge in [0.15, 0.2) is 0 Å². The smallest absolute Gasteiger partial charge is 0.267 e. The van der Waals surface area contributed by atoms with Gasteiger partial charge in [0.05, 0.1) is 5.02 Å². The van der Waals surface area contributed by atoms with Gasteiger partial charge in [-0.2, -0.15) is 4.99 Å². The number of thioether (sulfide) groups is 1. The Kier molecular flexibility index (Phi) is 5.27. The second-order valence-corrected chi connectivity index (χ2v) is 8.09. The number of carbonyl (C=O) groups excluding carboxylic acids is 1. The third-order valence-corrected chi connectivity index (χ3v) is 6.24. The van der Waals surface area contributed by atoms with E-state index in [9.17, 15) is 4.79 Å². The summed E-state index contributed by atoms with van der Waals surface area (Å²) in [5.41, 5.74) is 6.02. The SMILES string of the molecule is CC1(CN)CCN(C2=NC(=O)C(Sc3ccccc3Cl)C=N2)CC1. The molecule has 1 saturated heterocycles. The molecule has 1 aromatic carbocycles. The fourth-order valence-electron chi connectivity index (χ4n) is 2.75. The molecular weight excluding hydrogens is 344 g/mol. The zero-order valence-corrected chi connectivity index (χ0v) is 15.2. The molecule has 0 radical (unpaired) electrons. The normalized spacial score (nSPS) is 23.3. The van der Waals surface area contributed by atoms with Crippen LogP contribution in [0.15, 0.2) is 39.1 Å². The van der Waals surface area contributed by atoms with Gasteiger partial charge in [0.2, 0.25) is 5.96 Å². The van der Waals surface area contributed by atoms with Crippen molar-refractivity contribution >= 4 is 41.4 Å². The van der Waals surface area contributed by atoms with Crippen LogP contribution in [0.3, 0.4) is 0 Å². The molecule has 5 nitrogen and oxygen atoms in total. The maximum atomic E-state index is 12.4. The molecule has 0 saturated carbocycles. The van der Waals surface area contributed by atoms with Crippen LogP contribution >= 0.6 is 23.4 Å². The van der Waals surface area contributed by atoms with Crippen molar-refractivity contribution in [2.75, 3.05) is 19.6 Å². The van der Waals surface area contributed by atoms with Crippen LogP contribution in [0.5, 0.6) is 0 Å². The first-order valence-corrected chi connectivity index (χ1v) is 9.29. The first kappa shape index (κ1) is 17.5. The Hall–Kier alpha value is -1.37. The first-order chi connectivity index (χ1) is 11.5. The molecule has 2 aliphatic heterocycles. The third-order valence-electron chi connectivity index (χ3n) is 4.62. The Labute approximate surface area is 151 Å². The van der Waals surface area contributed by atoms with E-state index in [0.29, 0.717) is 17.5 Å². The van der Waals surface area contributed by atoms with Crippen molar-refractivity contribution in [2.24, 2.45) is 21.1 Å². The van der Waals surface area contributed by atoms with E-state index in [2.05, 4.69) is 21.8 Å². The highest BCUT2D eigenvalue weighted by atomic mass is 35.5. The molecule has 3 rings (SSSR count). The zero-order valence-electron chi connectivity index (χ0n) is 13.6. The van der Waals surface area contributed by atoms with Crippen molar-refractivity contribution in [3.05, 3.63) is 29.3 Å². The minimum Gasteiger partial charge on any atom is -0.341 e. The van der Waals surface area contributed by atoms with Gasteiger partial charge in [-0.15, -0.1) is 11.8 Å². The number of piperidine rings is 1. The standard InChI is InChI=1S/C17H21ClN4OS/c1-17(11-19)6-8-22(9-7-17)16-20-10-14(15(23)21-16)24-13-5-3-2-4-12(13)18/h2-5,10,14H,6-9,11,19H2,1H3. The van der Waals surface area contributed by atoms with Gasteiger partial charge >= 0.3 is 0 Å². The average molecular weight is 365 g/mol. The van der Waals surface area contributed by atoms with Crippen LogP contribution in [0.1, 0.15) is 19.8 Å². The van der Waals surface area contributed by atoms with Gasteiger partial charge in [-0.05, 0) is 36.9 Å². The van der Waals surface area contributed by atoms with Crippen molar-refractivity contribution in [2.45, 2.75) is 29.9 Å². The number of likely N-dealkylation sites (tertiary alicyclic amines) is 1. The monoisotopic (exact) mass is 364 g/mol. The summed E-state index contributed by atoms with van der Waals surface area (Å²) in [6.07, 6.45) is 3.66. The van der Waals surface area contributed by atoms with E-state index in [4.69, 9.17) is 17.3 Å². The number of aliphatic imine (C=N–C) groups is 2. The van der Waals surface area contributed by atoms with Gasteiger partial charge in [0.25, 0.3) is 5.91 Å². The molecule has 1 atom stereocenters. The molecule has 24 heavy (non-hydrogen) atoms. The number of rotatable bonds is 3. The fraction of sp³-hybridized carbons (Fsp3) is 0.471. The van der Waals surface area contributed by atoms with E-state index in [1.54, 1.807) is 6.21 Å². The van der Waals surface area contributed by atoms with Crippen LogP contribution in [0.25, 0.3) is 0 Å². The predicted octanol–water partition coefficient (Wildman–Crippen LogP) is 2.83. The highest BCUT2D eigenvalue weighted by Crippen LogP contribution is 2.32. The van der Waals surface area contributed by atoms with Crippen LogP contribution in [0.4, 0.5) is 0 Å². The van der Waals surface area contributed by atoms with E-state index >= 15 is 0 Å². The Morgan fingerprint density at radius 1 is 1.38 bits per heavy atom. The number of amides is 1. The van der Waals surface area contributed by atoms with Gasteiger partial charge in [0.1, 0.15) is 5.25 Å². The summed E-state index contributed by atoms with van der Waals surface area (Å²) in [6.45, 7) is 4.56. The zero-order chi connectivity index (χ0) is 17.2. The quantitative estimate of drug-likeness (QED) is 0.895. The lowest BCUT2D eigenvalue weighted by molar-refractivity contribution is -0.116. The maximum Gasteiger partial charge on any atom is 0.267 e.